The van der Waals surface area contributed by atoms with Crippen molar-refractivity contribution in [3.05, 3.63) is 51.6 Å². The van der Waals surface area contributed by atoms with Crippen LogP contribution in [0.25, 0.3) is 0 Å². The van der Waals surface area contributed by atoms with Gasteiger partial charge in [-0.2, -0.15) is 5.10 Å². The fourth-order valence-corrected chi connectivity index (χ4v) is 2.74. The zero-order valence-corrected chi connectivity index (χ0v) is 13.3. The monoisotopic (exact) mass is 310 g/mol. The normalized spacial score (nSPS) is 12.7. The molecule has 1 heterocycles. The molecule has 1 atom stereocenters. The van der Waals surface area contributed by atoms with Crippen molar-refractivity contribution in [1.82, 2.24) is 9.78 Å². The predicted molar refractivity (Wildman–Crippen MR) is 82.1 cm³/mol. The van der Waals surface area contributed by atoms with Gasteiger partial charge in [-0.25, -0.2) is 4.39 Å². The van der Waals surface area contributed by atoms with Crippen LogP contribution in [-0.4, -0.2) is 14.9 Å². The van der Waals surface area contributed by atoms with Crippen LogP contribution in [-0.2, 0) is 19.4 Å². The third-order valence-electron chi connectivity index (χ3n) is 3.58. The van der Waals surface area contributed by atoms with Crippen molar-refractivity contribution in [3.8, 4) is 0 Å². The zero-order chi connectivity index (χ0) is 15.6. The standard InChI is InChI=1S/C16H20ClFN2O/c1-4-14-16(10(3)21)15(5-2)20(19-14)9-11-6-7-12(17)13(18)8-11/h6-8,10,21H,4-5,9H2,1-3H3. The Kier molecular flexibility index (Phi) is 5.01. The second-order valence-electron chi connectivity index (χ2n) is 5.10. The molecule has 2 aromatic rings. The Morgan fingerprint density at radius 1 is 1.33 bits per heavy atom. The first-order valence-corrected chi connectivity index (χ1v) is 7.56. The molecule has 0 aliphatic carbocycles. The van der Waals surface area contributed by atoms with Gasteiger partial charge in [0.2, 0.25) is 0 Å². The lowest BCUT2D eigenvalue weighted by Gasteiger charge is -2.10. The minimum absolute atomic E-state index is 0.119. The van der Waals surface area contributed by atoms with Gasteiger partial charge < -0.3 is 5.11 Å². The Balaban J connectivity index is 2.41. The largest absolute Gasteiger partial charge is 0.389 e. The average molecular weight is 311 g/mol. The lowest BCUT2D eigenvalue weighted by atomic mass is 10.0. The molecule has 114 valence electrons. The van der Waals surface area contributed by atoms with Crippen molar-refractivity contribution in [2.24, 2.45) is 0 Å². The van der Waals surface area contributed by atoms with Crippen molar-refractivity contribution in [1.29, 1.82) is 0 Å². The van der Waals surface area contributed by atoms with E-state index < -0.39 is 11.9 Å². The summed E-state index contributed by atoms with van der Waals surface area (Å²) in [6.07, 6.45) is 0.976. The molecule has 3 nitrogen and oxygen atoms in total. The number of hydrogen-bond acceptors (Lipinski definition) is 2. The van der Waals surface area contributed by atoms with Gasteiger partial charge in [-0.3, -0.25) is 4.68 Å². The molecule has 1 aromatic heterocycles. The molecule has 0 saturated heterocycles. The van der Waals surface area contributed by atoms with E-state index in [1.165, 1.54) is 6.07 Å². The molecule has 1 N–H and O–H groups in total. The number of halogens is 2. The van der Waals surface area contributed by atoms with Crippen molar-refractivity contribution < 1.29 is 9.50 Å². The maximum Gasteiger partial charge on any atom is 0.142 e. The van der Waals surface area contributed by atoms with E-state index in [0.29, 0.717) is 6.54 Å². The number of aliphatic hydroxyl groups excluding tert-OH is 1. The maximum atomic E-state index is 13.5. The molecule has 1 unspecified atom stereocenters. The average Bonchev–Trinajstić information content (AvgIpc) is 2.80. The summed E-state index contributed by atoms with van der Waals surface area (Å²) in [5.41, 5.74) is 3.59. The quantitative estimate of drug-likeness (QED) is 0.909. The Morgan fingerprint density at radius 3 is 2.57 bits per heavy atom. The highest BCUT2D eigenvalue weighted by molar-refractivity contribution is 6.30. The number of aryl methyl sites for hydroxylation is 1. The lowest BCUT2D eigenvalue weighted by Crippen LogP contribution is -2.07. The highest BCUT2D eigenvalue weighted by Crippen LogP contribution is 2.25. The van der Waals surface area contributed by atoms with Gasteiger partial charge in [0.25, 0.3) is 0 Å². The minimum Gasteiger partial charge on any atom is -0.389 e. The molecule has 0 saturated carbocycles. The maximum absolute atomic E-state index is 13.5. The SMILES string of the molecule is CCc1nn(Cc2ccc(Cl)c(F)c2)c(CC)c1C(C)O. The Morgan fingerprint density at radius 2 is 2.05 bits per heavy atom. The van der Waals surface area contributed by atoms with E-state index in [1.54, 1.807) is 19.1 Å². The third-order valence-corrected chi connectivity index (χ3v) is 3.89. The van der Waals surface area contributed by atoms with Crippen LogP contribution in [0.1, 0.15) is 49.4 Å². The van der Waals surface area contributed by atoms with Crippen LogP contribution in [0.4, 0.5) is 4.39 Å². The molecule has 0 bridgehead atoms. The molecule has 0 aliphatic heterocycles. The van der Waals surface area contributed by atoms with Crippen LogP contribution in [0.15, 0.2) is 18.2 Å². The molecule has 21 heavy (non-hydrogen) atoms. The first-order valence-electron chi connectivity index (χ1n) is 7.18. The topological polar surface area (TPSA) is 38.0 Å². The van der Waals surface area contributed by atoms with Crippen LogP contribution < -0.4 is 0 Å². The summed E-state index contributed by atoms with van der Waals surface area (Å²) in [7, 11) is 0. The van der Waals surface area contributed by atoms with Crippen molar-refractivity contribution in [3.63, 3.8) is 0 Å². The first kappa shape index (κ1) is 16.0. The van der Waals surface area contributed by atoms with Gasteiger partial charge in [-0.15, -0.1) is 0 Å². The second kappa shape index (κ2) is 6.58. The minimum atomic E-state index is -0.550. The summed E-state index contributed by atoms with van der Waals surface area (Å²) >= 11 is 5.71. The number of aliphatic hydroxyl groups is 1. The molecule has 0 radical (unpaired) electrons. The zero-order valence-electron chi connectivity index (χ0n) is 12.5. The smallest absolute Gasteiger partial charge is 0.142 e. The second-order valence-corrected chi connectivity index (χ2v) is 5.50. The van der Waals surface area contributed by atoms with Crippen LogP contribution in [0.2, 0.25) is 5.02 Å². The van der Waals surface area contributed by atoms with Crippen LogP contribution in [0.3, 0.4) is 0 Å². The number of rotatable bonds is 5. The van der Waals surface area contributed by atoms with Crippen molar-refractivity contribution in [2.45, 2.75) is 46.3 Å². The summed E-state index contributed by atoms with van der Waals surface area (Å²) < 4.78 is 15.4. The van der Waals surface area contributed by atoms with Gasteiger partial charge in [0.1, 0.15) is 5.82 Å². The van der Waals surface area contributed by atoms with E-state index in [4.69, 9.17) is 11.6 Å². The number of hydrogen-bond donors (Lipinski definition) is 1. The summed E-state index contributed by atoms with van der Waals surface area (Å²) in [6, 6.07) is 4.77. The fraction of sp³-hybridized carbons (Fsp3) is 0.438. The summed E-state index contributed by atoms with van der Waals surface area (Å²) in [4.78, 5) is 0. The van der Waals surface area contributed by atoms with E-state index in [-0.39, 0.29) is 5.02 Å². The van der Waals surface area contributed by atoms with E-state index >= 15 is 0 Å². The molecular formula is C16H20ClFN2O. The first-order chi connectivity index (χ1) is 9.97. The van der Waals surface area contributed by atoms with Gasteiger partial charge in [0.15, 0.2) is 0 Å². The van der Waals surface area contributed by atoms with Crippen molar-refractivity contribution in [2.75, 3.05) is 0 Å². The van der Waals surface area contributed by atoms with Crippen LogP contribution in [0, 0.1) is 5.82 Å². The van der Waals surface area contributed by atoms with Gasteiger partial charge in [-0.05, 0) is 37.5 Å². The van der Waals surface area contributed by atoms with Gasteiger partial charge >= 0.3 is 0 Å². The van der Waals surface area contributed by atoms with E-state index in [0.717, 1.165) is 35.4 Å². The molecule has 0 aliphatic rings. The lowest BCUT2D eigenvalue weighted by molar-refractivity contribution is 0.197. The van der Waals surface area contributed by atoms with Crippen molar-refractivity contribution >= 4 is 11.6 Å². The Bertz CT molecular complexity index is 637. The van der Waals surface area contributed by atoms with Gasteiger partial charge in [-0.1, -0.05) is 31.5 Å². The molecular weight excluding hydrogens is 291 g/mol. The highest BCUT2D eigenvalue weighted by Gasteiger charge is 2.19. The highest BCUT2D eigenvalue weighted by atomic mass is 35.5. The fourth-order valence-electron chi connectivity index (χ4n) is 2.62. The van der Waals surface area contributed by atoms with Gasteiger partial charge in [0.05, 0.1) is 23.4 Å². The third kappa shape index (κ3) is 3.27. The summed E-state index contributed by atoms with van der Waals surface area (Å²) in [6.45, 7) is 6.26. The number of benzene rings is 1. The predicted octanol–water partition coefficient (Wildman–Crippen LogP) is 3.90. The summed E-state index contributed by atoms with van der Waals surface area (Å²) in [5, 5.41) is 14.7. The van der Waals surface area contributed by atoms with Gasteiger partial charge in [0, 0.05) is 11.3 Å². The molecule has 1 aromatic carbocycles. The molecule has 2 rings (SSSR count). The van der Waals surface area contributed by atoms with Crippen LogP contribution >= 0.6 is 11.6 Å². The van der Waals surface area contributed by atoms with E-state index in [9.17, 15) is 9.50 Å². The molecule has 0 spiro atoms. The van der Waals surface area contributed by atoms with E-state index in [2.05, 4.69) is 5.10 Å². The van der Waals surface area contributed by atoms with E-state index in [1.807, 2.05) is 18.5 Å². The molecule has 0 amide bonds. The van der Waals surface area contributed by atoms with Crippen LogP contribution in [0.5, 0.6) is 0 Å². The Hall–Kier alpha value is -1.39. The Labute approximate surface area is 129 Å². The number of aromatic nitrogens is 2. The number of nitrogens with zero attached hydrogens (tertiary/aromatic N) is 2. The molecule has 0 fully saturated rings. The summed E-state index contributed by atoms with van der Waals surface area (Å²) in [5.74, 6) is -0.425. The molecule has 5 heteroatoms.